The van der Waals surface area contributed by atoms with Gasteiger partial charge in [0, 0.05) is 11.8 Å². The van der Waals surface area contributed by atoms with Gasteiger partial charge >= 0.3 is 0 Å². The highest BCUT2D eigenvalue weighted by Gasteiger charge is 2.23. The Morgan fingerprint density at radius 1 is 1.07 bits per heavy atom. The number of pyridine rings is 1. The van der Waals surface area contributed by atoms with Crippen LogP contribution in [0.1, 0.15) is 32.0 Å². The van der Waals surface area contributed by atoms with Crippen molar-refractivity contribution in [1.29, 1.82) is 0 Å². The van der Waals surface area contributed by atoms with E-state index in [1.54, 1.807) is 19.2 Å². The van der Waals surface area contributed by atoms with E-state index in [1.807, 2.05) is 24.3 Å². The third-order valence-electron chi connectivity index (χ3n) is 4.31. The van der Waals surface area contributed by atoms with Crippen molar-refractivity contribution in [3.63, 3.8) is 0 Å². The van der Waals surface area contributed by atoms with Gasteiger partial charge in [0.05, 0.1) is 24.7 Å². The smallest absolute Gasteiger partial charge is 0.265 e. The normalized spacial score (nSPS) is 11.9. The molecule has 1 aromatic carbocycles. The number of rotatable bonds is 6. The molecule has 0 aliphatic carbocycles. The first-order chi connectivity index (χ1) is 14.1. The molecule has 2 aromatic heterocycles. The first kappa shape index (κ1) is 21.7. The van der Waals surface area contributed by atoms with Crippen LogP contribution in [0.15, 0.2) is 53.7 Å². The summed E-state index contributed by atoms with van der Waals surface area (Å²) < 4.78 is 33.9. The highest BCUT2D eigenvalue weighted by atomic mass is 32.2. The Morgan fingerprint density at radius 3 is 2.40 bits per heavy atom. The summed E-state index contributed by atoms with van der Waals surface area (Å²) >= 11 is 0. The van der Waals surface area contributed by atoms with Crippen molar-refractivity contribution < 1.29 is 13.2 Å². The summed E-state index contributed by atoms with van der Waals surface area (Å²) in [5, 5.41) is 0. The average molecular weight is 427 g/mol. The van der Waals surface area contributed by atoms with Gasteiger partial charge in [-0.1, -0.05) is 45.0 Å². The molecule has 0 saturated heterocycles. The van der Waals surface area contributed by atoms with Crippen molar-refractivity contribution in [2.75, 3.05) is 11.8 Å². The molecule has 0 bridgehead atoms. The van der Waals surface area contributed by atoms with Crippen molar-refractivity contribution in [3.05, 3.63) is 60.0 Å². The third kappa shape index (κ3) is 5.13. The van der Waals surface area contributed by atoms with Crippen LogP contribution in [-0.4, -0.2) is 30.5 Å². The van der Waals surface area contributed by atoms with Crippen LogP contribution < -0.4 is 9.46 Å². The van der Waals surface area contributed by atoms with Gasteiger partial charge < -0.3 is 4.74 Å². The second kappa shape index (κ2) is 8.39. The largest absolute Gasteiger partial charge is 0.478 e. The van der Waals surface area contributed by atoms with Crippen molar-refractivity contribution >= 4 is 15.8 Å². The molecule has 0 spiro atoms. The number of ether oxygens (including phenoxy) is 1. The fourth-order valence-electron chi connectivity index (χ4n) is 3.07. The number of sulfonamides is 1. The predicted octanol–water partition coefficient (Wildman–Crippen LogP) is 4.25. The number of benzene rings is 1. The number of anilines is 1. The minimum atomic E-state index is -3.97. The van der Waals surface area contributed by atoms with Crippen LogP contribution >= 0.6 is 0 Å². The lowest BCUT2D eigenvalue weighted by molar-refractivity contribution is 0.397. The maximum atomic E-state index is 13.1. The van der Waals surface area contributed by atoms with Gasteiger partial charge in [-0.2, -0.15) is 0 Å². The van der Waals surface area contributed by atoms with Gasteiger partial charge in [-0.15, -0.1) is 0 Å². The molecule has 30 heavy (non-hydrogen) atoms. The van der Waals surface area contributed by atoms with Gasteiger partial charge in [0.25, 0.3) is 15.9 Å². The Kier molecular flexibility index (Phi) is 6.07. The second-order valence-corrected chi connectivity index (χ2v) is 9.91. The zero-order valence-corrected chi connectivity index (χ0v) is 18.6. The lowest BCUT2D eigenvalue weighted by atomic mass is 9.88. The number of aryl methyl sites for hydroxylation is 1. The average Bonchev–Trinajstić information content (AvgIpc) is 2.68. The molecule has 1 N–H and O–H groups in total. The van der Waals surface area contributed by atoms with E-state index in [0.29, 0.717) is 11.4 Å². The van der Waals surface area contributed by atoms with Gasteiger partial charge in [0.1, 0.15) is 4.90 Å². The van der Waals surface area contributed by atoms with E-state index in [0.717, 1.165) is 12.0 Å². The number of methoxy groups -OCH3 is 1. The van der Waals surface area contributed by atoms with E-state index in [4.69, 9.17) is 4.74 Å². The number of aromatic nitrogens is 3. The molecule has 2 heterocycles. The molecule has 0 unspecified atom stereocenters. The summed E-state index contributed by atoms with van der Waals surface area (Å²) in [6.45, 7) is 8.28. The molecule has 0 aliphatic rings. The SMILES string of the molecule is COc1nc(C)cnc1NS(=O)(=O)c1cccnc1-c1ccc(CC(C)(C)C)cc1. The van der Waals surface area contributed by atoms with Crippen LogP contribution in [0.25, 0.3) is 11.3 Å². The van der Waals surface area contributed by atoms with Gasteiger partial charge in [0.2, 0.25) is 5.82 Å². The maximum absolute atomic E-state index is 13.1. The molecule has 0 fully saturated rings. The first-order valence-corrected chi connectivity index (χ1v) is 11.0. The number of nitrogens with zero attached hydrogens (tertiary/aromatic N) is 3. The maximum Gasteiger partial charge on any atom is 0.265 e. The molecule has 0 saturated carbocycles. The lowest BCUT2D eigenvalue weighted by Crippen LogP contribution is -2.16. The summed E-state index contributed by atoms with van der Waals surface area (Å²) in [6.07, 6.45) is 3.97. The summed E-state index contributed by atoms with van der Waals surface area (Å²) in [7, 11) is -2.56. The van der Waals surface area contributed by atoms with E-state index >= 15 is 0 Å². The Hall–Kier alpha value is -3.00. The van der Waals surface area contributed by atoms with Crippen molar-refractivity contribution in [2.24, 2.45) is 5.41 Å². The van der Waals surface area contributed by atoms with Gasteiger partial charge in [-0.3, -0.25) is 9.71 Å². The van der Waals surface area contributed by atoms with E-state index in [9.17, 15) is 8.42 Å². The molecule has 0 atom stereocenters. The van der Waals surface area contributed by atoms with E-state index in [-0.39, 0.29) is 22.0 Å². The Balaban J connectivity index is 1.97. The Labute approximate surface area is 177 Å². The minimum Gasteiger partial charge on any atom is -0.478 e. The van der Waals surface area contributed by atoms with Crippen molar-refractivity contribution in [3.8, 4) is 17.1 Å². The van der Waals surface area contributed by atoms with Crippen molar-refractivity contribution in [1.82, 2.24) is 15.0 Å². The highest BCUT2D eigenvalue weighted by Crippen LogP contribution is 2.29. The summed E-state index contributed by atoms with van der Waals surface area (Å²) in [5.74, 6) is 0.133. The second-order valence-electron chi connectivity index (χ2n) is 8.26. The number of hydrogen-bond acceptors (Lipinski definition) is 6. The molecule has 0 amide bonds. The van der Waals surface area contributed by atoms with Crippen LogP contribution in [0.5, 0.6) is 5.88 Å². The van der Waals surface area contributed by atoms with Crippen LogP contribution in [0.2, 0.25) is 0 Å². The molecular formula is C22H26N4O3S. The highest BCUT2D eigenvalue weighted by molar-refractivity contribution is 7.92. The molecule has 3 rings (SSSR count). The molecule has 7 nitrogen and oxygen atoms in total. The van der Waals surface area contributed by atoms with Crippen LogP contribution in [0, 0.1) is 12.3 Å². The van der Waals surface area contributed by atoms with Gasteiger partial charge in [-0.05, 0) is 36.5 Å². The van der Waals surface area contributed by atoms with Gasteiger partial charge in [0.15, 0.2) is 0 Å². The molecule has 8 heteroatoms. The zero-order valence-electron chi connectivity index (χ0n) is 17.8. The molecule has 0 aliphatic heterocycles. The van der Waals surface area contributed by atoms with Crippen LogP contribution in [0.3, 0.4) is 0 Å². The van der Waals surface area contributed by atoms with E-state index < -0.39 is 10.0 Å². The summed E-state index contributed by atoms with van der Waals surface area (Å²) in [6, 6.07) is 10.9. The fraction of sp³-hybridized carbons (Fsp3) is 0.318. The number of hydrogen-bond donors (Lipinski definition) is 1. The first-order valence-electron chi connectivity index (χ1n) is 9.54. The summed E-state index contributed by atoms with van der Waals surface area (Å²) in [4.78, 5) is 12.7. The Morgan fingerprint density at radius 2 is 1.77 bits per heavy atom. The summed E-state index contributed by atoms with van der Waals surface area (Å²) in [5.41, 5.74) is 3.05. The standard InChI is InChI=1S/C22H26N4O3S/c1-15-14-24-20(21(25-15)29-5)26-30(27,28)18-7-6-12-23-19(18)17-10-8-16(9-11-17)13-22(2,3)4/h6-12,14H,13H2,1-5H3,(H,24,26). The monoisotopic (exact) mass is 426 g/mol. The number of nitrogens with one attached hydrogen (secondary N) is 1. The van der Waals surface area contributed by atoms with Gasteiger partial charge in [-0.25, -0.2) is 18.4 Å². The minimum absolute atomic E-state index is 0.0263. The molecule has 0 radical (unpaired) electrons. The fourth-order valence-corrected chi connectivity index (χ4v) is 4.25. The zero-order chi connectivity index (χ0) is 21.9. The van der Waals surface area contributed by atoms with Crippen LogP contribution in [0.4, 0.5) is 5.82 Å². The lowest BCUT2D eigenvalue weighted by Gasteiger charge is -2.18. The van der Waals surface area contributed by atoms with Crippen molar-refractivity contribution in [2.45, 2.75) is 39.0 Å². The van der Waals surface area contributed by atoms with E-state index in [2.05, 4.69) is 40.4 Å². The topological polar surface area (TPSA) is 94.1 Å². The predicted molar refractivity (Wildman–Crippen MR) is 117 cm³/mol. The Bertz CT molecular complexity index is 1140. The van der Waals surface area contributed by atoms with Crippen LogP contribution in [-0.2, 0) is 16.4 Å². The quantitative estimate of drug-likeness (QED) is 0.633. The third-order valence-corrected chi connectivity index (χ3v) is 5.68. The molecule has 158 valence electrons. The molecular weight excluding hydrogens is 400 g/mol. The molecule has 3 aromatic rings. The van der Waals surface area contributed by atoms with E-state index in [1.165, 1.54) is 24.9 Å².